The van der Waals surface area contributed by atoms with Crippen LogP contribution < -0.4 is 9.04 Å². The van der Waals surface area contributed by atoms with Crippen molar-refractivity contribution in [2.45, 2.75) is 11.1 Å². The van der Waals surface area contributed by atoms with Crippen molar-refractivity contribution < 1.29 is 26.3 Å². The summed E-state index contributed by atoms with van der Waals surface area (Å²) in [5.74, 6) is 0.324. The molecule has 36 heavy (non-hydrogen) atoms. The maximum atomic E-state index is 13.9. The van der Waals surface area contributed by atoms with Crippen molar-refractivity contribution in [2.24, 2.45) is 7.05 Å². The number of aromatic nitrogens is 5. The Morgan fingerprint density at radius 1 is 1.08 bits per heavy atom. The number of halogens is 3. The minimum Gasteiger partial charge on any atom is -0.494 e. The van der Waals surface area contributed by atoms with E-state index in [-0.39, 0.29) is 17.1 Å². The number of pyridine rings is 1. The molecule has 0 aliphatic carbocycles. The van der Waals surface area contributed by atoms with Gasteiger partial charge >= 0.3 is 6.18 Å². The molecule has 0 bridgehead atoms. The van der Waals surface area contributed by atoms with Crippen molar-refractivity contribution in [1.29, 1.82) is 0 Å². The van der Waals surface area contributed by atoms with Crippen molar-refractivity contribution in [3.8, 4) is 11.4 Å². The average molecular weight is 524 g/mol. The summed E-state index contributed by atoms with van der Waals surface area (Å²) in [4.78, 5) is 4.96. The number of aryl methyl sites for hydroxylation is 1. The van der Waals surface area contributed by atoms with E-state index in [1.165, 1.54) is 23.7 Å². The zero-order valence-electron chi connectivity index (χ0n) is 19.9. The normalized spacial score (nSPS) is 12.4. The van der Waals surface area contributed by atoms with E-state index in [0.717, 1.165) is 23.1 Å². The van der Waals surface area contributed by atoms with E-state index in [2.05, 4.69) is 15.2 Å². The molecule has 0 radical (unpaired) electrons. The number of methoxy groups -OCH3 is 1. The van der Waals surface area contributed by atoms with E-state index in [1.54, 1.807) is 30.1 Å². The number of likely N-dealkylation sites (N-methyl/N-ethyl adjacent to an activating group) is 1. The van der Waals surface area contributed by atoms with E-state index in [0.29, 0.717) is 28.9 Å². The Kier molecular flexibility index (Phi) is 6.66. The molecule has 4 rings (SSSR count). The molecule has 0 atom stereocenters. The number of anilines is 1. The maximum absolute atomic E-state index is 13.9. The van der Waals surface area contributed by atoms with Crippen molar-refractivity contribution >= 4 is 26.6 Å². The van der Waals surface area contributed by atoms with Gasteiger partial charge in [-0.15, -0.1) is 0 Å². The fraction of sp³-hybridized carbons (Fsp3) is 0.318. The van der Waals surface area contributed by atoms with Crippen LogP contribution in [0.2, 0.25) is 0 Å². The summed E-state index contributed by atoms with van der Waals surface area (Å²) in [6, 6.07) is 5.55. The highest BCUT2D eigenvalue weighted by Gasteiger charge is 2.34. The van der Waals surface area contributed by atoms with Gasteiger partial charge in [-0.3, -0.25) is 14.0 Å². The van der Waals surface area contributed by atoms with Crippen LogP contribution in [0.25, 0.3) is 16.6 Å². The lowest BCUT2D eigenvalue weighted by Gasteiger charge is -2.27. The number of alkyl halides is 3. The first-order valence-corrected chi connectivity index (χ1v) is 12.1. The van der Waals surface area contributed by atoms with Gasteiger partial charge in [0.15, 0.2) is 0 Å². The molecule has 4 aromatic rings. The monoisotopic (exact) mass is 523 g/mol. The standard InChI is InChI=1S/C22H24F3N7O3S/c1-29(2)9-10-32(21-18(35-4)6-5-15-12-27-30(3)20(15)21)36(33,34)17-13-28-31(14-17)16-7-8-26-19(11-16)22(23,24)25/h5-8,11-14H,9-10H2,1-4H3. The van der Waals surface area contributed by atoms with E-state index >= 15 is 0 Å². The molecule has 10 nitrogen and oxygen atoms in total. The molecule has 0 amide bonds. The summed E-state index contributed by atoms with van der Waals surface area (Å²) in [5, 5.41) is 8.98. The van der Waals surface area contributed by atoms with Gasteiger partial charge in [0.1, 0.15) is 22.0 Å². The molecule has 1 aromatic carbocycles. The number of hydrogen-bond donors (Lipinski definition) is 0. The summed E-state index contributed by atoms with van der Waals surface area (Å²) in [6.07, 6.45) is 0.227. The van der Waals surface area contributed by atoms with Crippen molar-refractivity contribution in [2.75, 3.05) is 38.6 Å². The fourth-order valence-corrected chi connectivity index (χ4v) is 5.11. The lowest BCUT2D eigenvalue weighted by Crippen LogP contribution is -2.37. The molecule has 0 saturated heterocycles. The van der Waals surface area contributed by atoms with Gasteiger partial charge in [0.2, 0.25) is 0 Å². The Hall–Kier alpha value is -3.65. The predicted molar refractivity (Wildman–Crippen MR) is 127 cm³/mol. The van der Waals surface area contributed by atoms with Crippen LogP contribution in [0.1, 0.15) is 5.69 Å². The second-order valence-corrected chi connectivity index (χ2v) is 10.1. The first-order valence-electron chi connectivity index (χ1n) is 10.7. The second-order valence-electron chi connectivity index (χ2n) is 8.22. The van der Waals surface area contributed by atoms with Gasteiger partial charge in [-0.25, -0.2) is 13.1 Å². The Morgan fingerprint density at radius 3 is 2.50 bits per heavy atom. The number of sulfonamides is 1. The summed E-state index contributed by atoms with van der Waals surface area (Å²) < 4.78 is 76.6. The number of benzene rings is 1. The number of ether oxygens (including phenoxy) is 1. The molecule has 0 saturated carbocycles. The first kappa shape index (κ1) is 25.4. The highest BCUT2D eigenvalue weighted by molar-refractivity contribution is 7.92. The zero-order chi connectivity index (χ0) is 26.3. The summed E-state index contributed by atoms with van der Waals surface area (Å²) in [7, 11) is 2.53. The lowest BCUT2D eigenvalue weighted by molar-refractivity contribution is -0.141. The van der Waals surface area contributed by atoms with Crippen LogP contribution in [0.5, 0.6) is 5.75 Å². The van der Waals surface area contributed by atoms with E-state index < -0.39 is 21.9 Å². The zero-order valence-corrected chi connectivity index (χ0v) is 20.7. The maximum Gasteiger partial charge on any atom is 0.433 e. The van der Waals surface area contributed by atoms with Gasteiger partial charge in [-0.1, -0.05) is 0 Å². The molecule has 0 aliphatic heterocycles. The molecule has 0 fully saturated rings. The molecular weight excluding hydrogens is 499 g/mol. The third-order valence-electron chi connectivity index (χ3n) is 5.50. The van der Waals surface area contributed by atoms with Crippen molar-refractivity contribution in [3.05, 3.63) is 54.7 Å². The third-order valence-corrected chi connectivity index (χ3v) is 7.26. The molecule has 192 valence electrons. The molecule has 3 aromatic heterocycles. The van der Waals surface area contributed by atoms with Gasteiger partial charge in [0.25, 0.3) is 10.0 Å². The molecule has 0 N–H and O–H groups in total. The SMILES string of the molecule is COc1ccc2cnn(C)c2c1N(CCN(C)C)S(=O)(=O)c1cnn(-c2ccnc(C(F)(F)F)c2)c1. The Morgan fingerprint density at radius 2 is 1.83 bits per heavy atom. The fourth-order valence-electron chi connectivity index (χ4n) is 3.70. The summed E-state index contributed by atoms with van der Waals surface area (Å²) >= 11 is 0. The summed E-state index contributed by atoms with van der Waals surface area (Å²) in [5.41, 5.74) is -0.244. The summed E-state index contributed by atoms with van der Waals surface area (Å²) in [6.45, 7) is 0.443. The van der Waals surface area contributed by atoms with E-state index in [9.17, 15) is 21.6 Å². The van der Waals surface area contributed by atoms with Crippen LogP contribution in [0.15, 0.2) is 53.9 Å². The highest BCUT2D eigenvalue weighted by atomic mass is 32.2. The topological polar surface area (TPSA) is 98.4 Å². The smallest absolute Gasteiger partial charge is 0.433 e. The van der Waals surface area contributed by atoms with Crippen LogP contribution in [-0.2, 0) is 23.2 Å². The van der Waals surface area contributed by atoms with E-state index in [4.69, 9.17) is 4.74 Å². The molecular formula is C22H24F3N7O3S. The van der Waals surface area contributed by atoms with Crippen LogP contribution in [0.4, 0.5) is 18.9 Å². The van der Waals surface area contributed by atoms with Gasteiger partial charge in [0, 0.05) is 31.7 Å². The lowest BCUT2D eigenvalue weighted by atomic mass is 10.2. The molecule has 3 heterocycles. The van der Waals surface area contributed by atoms with Crippen molar-refractivity contribution in [1.82, 2.24) is 29.4 Å². The van der Waals surface area contributed by atoms with Gasteiger partial charge in [-0.2, -0.15) is 23.4 Å². The van der Waals surface area contributed by atoms with Crippen LogP contribution >= 0.6 is 0 Å². The quantitative estimate of drug-likeness (QED) is 0.350. The highest BCUT2D eigenvalue weighted by Crippen LogP contribution is 2.39. The minimum absolute atomic E-state index is 0.0185. The number of rotatable bonds is 8. The van der Waals surface area contributed by atoms with Crippen LogP contribution in [0, 0.1) is 0 Å². The molecule has 14 heteroatoms. The Balaban J connectivity index is 1.84. The minimum atomic E-state index is -4.65. The van der Waals surface area contributed by atoms with Crippen LogP contribution in [-0.4, -0.2) is 72.2 Å². The number of fused-ring (bicyclic) bond motifs is 1. The van der Waals surface area contributed by atoms with Gasteiger partial charge < -0.3 is 9.64 Å². The Labute approximate surface area is 205 Å². The third kappa shape index (κ3) is 4.73. The predicted octanol–water partition coefficient (Wildman–Crippen LogP) is 2.94. The number of nitrogens with zero attached hydrogens (tertiary/aromatic N) is 7. The van der Waals surface area contributed by atoms with Crippen LogP contribution in [0.3, 0.4) is 0 Å². The van der Waals surface area contributed by atoms with Gasteiger partial charge in [0.05, 0.1) is 36.9 Å². The first-order chi connectivity index (χ1) is 16.9. The number of hydrogen-bond acceptors (Lipinski definition) is 7. The van der Waals surface area contributed by atoms with E-state index in [1.807, 2.05) is 19.0 Å². The molecule has 0 spiro atoms. The average Bonchev–Trinajstić information content (AvgIpc) is 3.46. The van der Waals surface area contributed by atoms with Gasteiger partial charge in [-0.05, 0) is 38.4 Å². The van der Waals surface area contributed by atoms with Crippen molar-refractivity contribution in [3.63, 3.8) is 0 Å². The molecule has 0 unspecified atom stereocenters. The second kappa shape index (κ2) is 9.43. The molecule has 0 aliphatic rings. The largest absolute Gasteiger partial charge is 0.494 e. The Bertz CT molecular complexity index is 1500.